The number of hydrogen-bond acceptors (Lipinski definition) is 1. The van der Waals surface area contributed by atoms with Crippen molar-refractivity contribution in [1.82, 2.24) is 4.57 Å². The van der Waals surface area contributed by atoms with Crippen molar-refractivity contribution >= 4 is 16.5 Å². The summed E-state index contributed by atoms with van der Waals surface area (Å²) in [5, 5.41) is 1.47. The van der Waals surface area contributed by atoms with E-state index in [1.165, 1.54) is 53.3 Å². The van der Waals surface area contributed by atoms with Crippen LogP contribution >= 0.6 is 0 Å². The van der Waals surface area contributed by atoms with Crippen LogP contribution < -0.4 is 0 Å². The van der Waals surface area contributed by atoms with Crippen molar-refractivity contribution in [1.29, 1.82) is 0 Å². The van der Waals surface area contributed by atoms with Gasteiger partial charge in [0.25, 0.3) is 0 Å². The second kappa shape index (κ2) is 7.01. The molecule has 1 aliphatic carbocycles. The third-order valence-electron chi connectivity index (χ3n) is 6.31. The summed E-state index contributed by atoms with van der Waals surface area (Å²) in [6, 6.07) is 18.4. The fourth-order valence-electron chi connectivity index (χ4n) is 4.89. The number of rotatable bonds is 3. The number of aromatic nitrogens is 1. The van der Waals surface area contributed by atoms with Gasteiger partial charge in [-0.25, -0.2) is 0 Å². The fourth-order valence-corrected chi connectivity index (χ4v) is 4.89. The quantitative estimate of drug-likeness (QED) is 0.566. The maximum Gasteiger partial charge on any atom is 0.0653 e. The molecule has 0 unspecified atom stereocenters. The lowest BCUT2D eigenvalue weighted by molar-refractivity contribution is 0.161. The van der Waals surface area contributed by atoms with Crippen LogP contribution in [0.2, 0.25) is 0 Å². The van der Waals surface area contributed by atoms with Gasteiger partial charge in [0.1, 0.15) is 0 Å². The van der Waals surface area contributed by atoms with Crippen LogP contribution in [0.1, 0.15) is 54.6 Å². The minimum absolute atomic E-state index is 0.365. The smallest absolute Gasteiger partial charge is 0.0653 e. The molecular weight excluding hydrogens is 330 g/mol. The van der Waals surface area contributed by atoms with Crippen molar-refractivity contribution in [3.8, 4) is 0 Å². The molecule has 27 heavy (non-hydrogen) atoms. The van der Waals surface area contributed by atoms with Crippen molar-refractivity contribution in [2.75, 3.05) is 13.2 Å². The Hall–Kier alpha value is -2.32. The number of aryl methyl sites for hydroxylation is 1. The average Bonchev–Trinajstić information content (AvgIpc) is 3.08. The zero-order chi connectivity index (χ0) is 18.2. The summed E-state index contributed by atoms with van der Waals surface area (Å²) in [4.78, 5) is 0. The molecule has 5 rings (SSSR count). The van der Waals surface area contributed by atoms with Gasteiger partial charge in [-0.3, -0.25) is 0 Å². The molecule has 2 heterocycles. The molecule has 0 fully saturated rings. The van der Waals surface area contributed by atoms with Crippen LogP contribution in [0.15, 0.2) is 54.6 Å². The van der Waals surface area contributed by atoms with Crippen molar-refractivity contribution in [3.05, 3.63) is 77.0 Å². The number of nitrogens with zero attached hydrogens (tertiary/aromatic N) is 1. The highest BCUT2D eigenvalue weighted by atomic mass is 16.5. The highest BCUT2D eigenvalue weighted by molar-refractivity contribution is 5.89. The van der Waals surface area contributed by atoms with E-state index in [4.69, 9.17) is 4.74 Å². The van der Waals surface area contributed by atoms with Crippen LogP contribution in [-0.4, -0.2) is 17.8 Å². The van der Waals surface area contributed by atoms with Gasteiger partial charge in [-0.05, 0) is 73.4 Å². The molecular formula is C25H27NO. The molecule has 0 radical (unpaired) electrons. The summed E-state index contributed by atoms with van der Waals surface area (Å²) in [5.74, 6) is 0. The average molecular weight is 357 g/mol. The van der Waals surface area contributed by atoms with Crippen LogP contribution in [-0.2, 0) is 17.6 Å². The van der Waals surface area contributed by atoms with Gasteiger partial charge in [0.05, 0.1) is 19.3 Å². The van der Waals surface area contributed by atoms with E-state index in [1.54, 1.807) is 11.3 Å². The number of ether oxygens (including phenoxy) is 1. The SMILES string of the molecule is C[C@H](c1ccccc1)n1c2c(c3cc(C4=CCOCC4)ccc31)CCCC2. The molecule has 1 atom stereocenters. The Morgan fingerprint density at radius 1 is 0.963 bits per heavy atom. The van der Waals surface area contributed by atoms with E-state index in [-0.39, 0.29) is 0 Å². The molecule has 0 bridgehead atoms. The van der Waals surface area contributed by atoms with E-state index in [0.29, 0.717) is 6.04 Å². The molecule has 138 valence electrons. The van der Waals surface area contributed by atoms with E-state index < -0.39 is 0 Å². The number of fused-ring (bicyclic) bond motifs is 3. The lowest BCUT2D eigenvalue weighted by Crippen LogP contribution is -2.13. The first-order valence-corrected chi connectivity index (χ1v) is 10.3. The zero-order valence-corrected chi connectivity index (χ0v) is 16.1. The molecule has 0 saturated carbocycles. The number of hydrogen-bond donors (Lipinski definition) is 0. The number of benzene rings is 2. The largest absolute Gasteiger partial charge is 0.377 e. The van der Waals surface area contributed by atoms with Gasteiger partial charge in [-0.15, -0.1) is 0 Å². The fraction of sp³-hybridized carbons (Fsp3) is 0.360. The molecule has 2 aromatic carbocycles. The van der Waals surface area contributed by atoms with Crippen molar-refractivity contribution < 1.29 is 4.74 Å². The van der Waals surface area contributed by atoms with Crippen molar-refractivity contribution in [3.63, 3.8) is 0 Å². The maximum absolute atomic E-state index is 5.50. The molecule has 0 N–H and O–H groups in total. The summed E-state index contributed by atoms with van der Waals surface area (Å²) >= 11 is 0. The second-order valence-electron chi connectivity index (χ2n) is 7.88. The Bertz CT molecular complexity index is 996. The summed E-state index contributed by atoms with van der Waals surface area (Å²) in [7, 11) is 0. The predicted octanol–water partition coefficient (Wildman–Crippen LogP) is 5.93. The molecule has 2 nitrogen and oxygen atoms in total. The highest BCUT2D eigenvalue weighted by Crippen LogP contribution is 2.38. The molecule has 0 spiro atoms. The predicted molar refractivity (Wildman–Crippen MR) is 112 cm³/mol. The Balaban J connectivity index is 1.68. The maximum atomic E-state index is 5.50. The molecule has 3 aromatic rings. The first-order valence-electron chi connectivity index (χ1n) is 10.3. The minimum Gasteiger partial charge on any atom is -0.377 e. The summed E-state index contributed by atoms with van der Waals surface area (Å²) in [6.07, 6.45) is 8.31. The van der Waals surface area contributed by atoms with Gasteiger partial charge in [0, 0.05) is 16.6 Å². The Labute approximate surface area is 161 Å². The standard InChI is InChI=1S/C25H27NO/c1-18(19-7-3-2-4-8-19)26-24-10-6-5-9-22(24)23-17-21(11-12-25(23)26)20-13-15-27-16-14-20/h2-4,7-8,11-13,17-18H,5-6,9-10,14-16H2,1H3/t18-/m1/s1. The van der Waals surface area contributed by atoms with Gasteiger partial charge >= 0.3 is 0 Å². The monoisotopic (exact) mass is 357 g/mol. The van der Waals surface area contributed by atoms with Crippen LogP contribution in [0.5, 0.6) is 0 Å². The van der Waals surface area contributed by atoms with Crippen LogP contribution in [0, 0.1) is 0 Å². The van der Waals surface area contributed by atoms with Crippen LogP contribution in [0.25, 0.3) is 16.5 Å². The van der Waals surface area contributed by atoms with E-state index in [2.05, 4.69) is 66.1 Å². The Morgan fingerprint density at radius 2 is 1.81 bits per heavy atom. The summed E-state index contributed by atoms with van der Waals surface area (Å²) in [6.45, 7) is 3.93. The normalized spacial score (nSPS) is 18.2. The van der Waals surface area contributed by atoms with Gasteiger partial charge in [-0.1, -0.05) is 42.5 Å². The second-order valence-corrected chi connectivity index (χ2v) is 7.88. The molecule has 1 aromatic heterocycles. The third-order valence-corrected chi connectivity index (χ3v) is 6.31. The minimum atomic E-state index is 0.365. The highest BCUT2D eigenvalue weighted by Gasteiger charge is 2.23. The summed E-state index contributed by atoms with van der Waals surface area (Å²) in [5.41, 5.74) is 8.76. The van der Waals surface area contributed by atoms with Crippen molar-refractivity contribution in [2.45, 2.75) is 45.1 Å². The molecule has 1 aliphatic heterocycles. The molecule has 0 amide bonds. The van der Waals surface area contributed by atoms with Gasteiger partial charge in [-0.2, -0.15) is 0 Å². The van der Waals surface area contributed by atoms with Crippen molar-refractivity contribution in [2.24, 2.45) is 0 Å². The molecule has 2 heteroatoms. The lowest BCUT2D eigenvalue weighted by Gasteiger charge is -2.22. The first-order chi connectivity index (χ1) is 13.3. The Kier molecular flexibility index (Phi) is 4.37. The molecule has 2 aliphatic rings. The van der Waals surface area contributed by atoms with Crippen LogP contribution in [0.3, 0.4) is 0 Å². The van der Waals surface area contributed by atoms with E-state index >= 15 is 0 Å². The topological polar surface area (TPSA) is 14.2 Å². The first kappa shape index (κ1) is 16.8. The van der Waals surface area contributed by atoms with E-state index in [0.717, 1.165) is 19.6 Å². The summed E-state index contributed by atoms with van der Waals surface area (Å²) < 4.78 is 8.12. The third kappa shape index (κ3) is 2.93. The van der Waals surface area contributed by atoms with Gasteiger partial charge in [0.2, 0.25) is 0 Å². The Morgan fingerprint density at radius 3 is 2.63 bits per heavy atom. The lowest BCUT2D eigenvalue weighted by atomic mass is 9.93. The van der Waals surface area contributed by atoms with Gasteiger partial charge < -0.3 is 9.30 Å². The van der Waals surface area contributed by atoms with Gasteiger partial charge in [0.15, 0.2) is 0 Å². The van der Waals surface area contributed by atoms with E-state index in [9.17, 15) is 0 Å². The zero-order valence-electron chi connectivity index (χ0n) is 16.1. The van der Waals surface area contributed by atoms with E-state index in [1.807, 2.05) is 0 Å². The molecule has 0 saturated heterocycles. The van der Waals surface area contributed by atoms with Crippen LogP contribution in [0.4, 0.5) is 0 Å².